The number of hydrogen-bond donors (Lipinski definition) is 2. The molecule has 0 bridgehead atoms. The van der Waals surface area contributed by atoms with Crippen LogP contribution < -0.4 is 20.5 Å². The number of anilines is 2. The van der Waals surface area contributed by atoms with Gasteiger partial charge in [-0.2, -0.15) is 0 Å². The van der Waals surface area contributed by atoms with E-state index in [1.807, 2.05) is 29.2 Å². The van der Waals surface area contributed by atoms with Crippen LogP contribution in [0.25, 0.3) is 0 Å². The molecule has 1 aliphatic rings. The molecule has 2 heterocycles. The summed E-state index contributed by atoms with van der Waals surface area (Å²) in [5.41, 5.74) is 0.0865. The summed E-state index contributed by atoms with van der Waals surface area (Å²) in [6.07, 6.45) is 0. The Morgan fingerprint density at radius 2 is 2.04 bits per heavy atom. The Bertz CT molecular complexity index is 803. The molecule has 9 nitrogen and oxygen atoms in total. The number of carbonyl (C=O) groups is 1. The molecule has 0 fully saturated rings. The SMILES string of the molecule is COc1ccc(N2CCn3c2nnc(C(=O)NCCO)c3=O)cc1. The number of carbonyl (C=O) groups excluding carboxylic acids is 1. The summed E-state index contributed by atoms with van der Waals surface area (Å²) in [6.45, 7) is 0.810. The standard InChI is InChI=1S/C15H17N5O4/c1-24-11-4-2-10(3-5-11)19-7-8-20-14(23)12(17-18-15(19)20)13(22)16-6-9-21/h2-5,21H,6-9H2,1H3,(H,16,22). The smallest absolute Gasteiger partial charge is 0.286 e. The minimum Gasteiger partial charge on any atom is -0.497 e. The molecule has 0 atom stereocenters. The van der Waals surface area contributed by atoms with Crippen molar-refractivity contribution in [1.82, 2.24) is 20.1 Å². The zero-order valence-electron chi connectivity index (χ0n) is 13.1. The van der Waals surface area contributed by atoms with Crippen molar-refractivity contribution in [3.05, 3.63) is 40.3 Å². The van der Waals surface area contributed by atoms with E-state index < -0.39 is 11.5 Å². The van der Waals surface area contributed by atoms with Gasteiger partial charge in [0, 0.05) is 25.3 Å². The third-order valence-electron chi connectivity index (χ3n) is 3.71. The third kappa shape index (κ3) is 2.81. The van der Waals surface area contributed by atoms with Gasteiger partial charge in [-0.3, -0.25) is 14.2 Å². The lowest BCUT2D eigenvalue weighted by Gasteiger charge is -2.17. The van der Waals surface area contributed by atoms with Crippen LogP contribution in [0.4, 0.5) is 11.6 Å². The molecule has 9 heteroatoms. The second-order valence-corrected chi connectivity index (χ2v) is 5.13. The first-order valence-electron chi connectivity index (χ1n) is 7.44. The molecule has 126 valence electrons. The molecular formula is C15H17N5O4. The molecule has 2 aromatic rings. The zero-order valence-corrected chi connectivity index (χ0v) is 13.1. The normalized spacial score (nSPS) is 12.8. The van der Waals surface area contributed by atoms with Crippen LogP contribution in [0.2, 0.25) is 0 Å². The van der Waals surface area contributed by atoms with Crippen molar-refractivity contribution in [2.45, 2.75) is 6.54 Å². The maximum Gasteiger partial charge on any atom is 0.286 e. The van der Waals surface area contributed by atoms with Crippen molar-refractivity contribution in [2.24, 2.45) is 0 Å². The van der Waals surface area contributed by atoms with Gasteiger partial charge in [-0.15, -0.1) is 10.2 Å². The summed E-state index contributed by atoms with van der Waals surface area (Å²) in [5, 5.41) is 18.9. The van der Waals surface area contributed by atoms with Gasteiger partial charge in [0.05, 0.1) is 13.7 Å². The number of benzene rings is 1. The van der Waals surface area contributed by atoms with Crippen molar-refractivity contribution in [2.75, 3.05) is 31.7 Å². The van der Waals surface area contributed by atoms with Crippen LogP contribution >= 0.6 is 0 Å². The number of fused-ring (bicyclic) bond motifs is 1. The number of rotatable bonds is 5. The molecule has 1 aliphatic heterocycles. The fourth-order valence-electron chi connectivity index (χ4n) is 2.51. The summed E-state index contributed by atoms with van der Waals surface area (Å²) in [4.78, 5) is 26.2. The maximum absolute atomic E-state index is 12.4. The monoisotopic (exact) mass is 331 g/mol. The highest BCUT2D eigenvalue weighted by atomic mass is 16.5. The summed E-state index contributed by atoms with van der Waals surface area (Å²) < 4.78 is 6.55. The number of amides is 1. The Labute approximate surface area is 137 Å². The molecule has 0 aliphatic carbocycles. The van der Waals surface area contributed by atoms with Gasteiger partial charge in [0.15, 0.2) is 0 Å². The molecule has 0 saturated carbocycles. The molecule has 0 saturated heterocycles. The van der Waals surface area contributed by atoms with Crippen LogP contribution in [0.3, 0.4) is 0 Å². The molecule has 3 rings (SSSR count). The Morgan fingerprint density at radius 3 is 2.71 bits per heavy atom. The highest BCUT2D eigenvalue weighted by molar-refractivity contribution is 5.91. The van der Waals surface area contributed by atoms with E-state index in [9.17, 15) is 9.59 Å². The average molecular weight is 331 g/mol. The second-order valence-electron chi connectivity index (χ2n) is 5.13. The molecule has 24 heavy (non-hydrogen) atoms. The molecular weight excluding hydrogens is 314 g/mol. The predicted molar refractivity (Wildman–Crippen MR) is 85.7 cm³/mol. The highest BCUT2D eigenvalue weighted by Crippen LogP contribution is 2.27. The van der Waals surface area contributed by atoms with Gasteiger partial charge in [0.25, 0.3) is 11.5 Å². The fourth-order valence-corrected chi connectivity index (χ4v) is 2.51. The van der Waals surface area contributed by atoms with Crippen LogP contribution in [0, 0.1) is 0 Å². The molecule has 1 aromatic heterocycles. The van der Waals surface area contributed by atoms with Gasteiger partial charge >= 0.3 is 0 Å². The lowest BCUT2D eigenvalue weighted by molar-refractivity contribution is 0.0936. The van der Waals surface area contributed by atoms with Crippen molar-refractivity contribution < 1.29 is 14.6 Å². The zero-order chi connectivity index (χ0) is 17.1. The number of aromatic nitrogens is 3. The quantitative estimate of drug-likeness (QED) is 0.761. The first-order valence-corrected chi connectivity index (χ1v) is 7.44. The van der Waals surface area contributed by atoms with Crippen LogP contribution in [-0.4, -0.2) is 52.6 Å². The largest absolute Gasteiger partial charge is 0.497 e. The van der Waals surface area contributed by atoms with E-state index in [2.05, 4.69) is 15.5 Å². The minimum atomic E-state index is -0.639. The number of ether oxygens (including phenoxy) is 1. The lowest BCUT2D eigenvalue weighted by Crippen LogP contribution is -2.36. The van der Waals surface area contributed by atoms with Gasteiger partial charge in [-0.25, -0.2) is 0 Å². The summed E-state index contributed by atoms with van der Waals surface area (Å²) in [7, 11) is 1.59. The van der Waals surface area contributed by atoms with E-state index in [1.54, 1.807) is 7.11 Å². The van der Waals surface area contributed by atoms with Crippen molar-refractivity contribution >= 4 is 17.5 Å². The number of hydrogen-bond acceptors (Lipinski definition) is 7. The van der Waals surface area contributed by atoms with E-state index in [-0.39, 0.29) is 18.8 Å². The molecule has 1 aromatic carbocycles. The number of nitrogens with one attached hydrogen (secondary N) is 1. The Morgan fingerprint density at radius 1 is 1.29 bits per heavy atom. The Balaban J connectivity index is 1.90. The predicted octanol–water partition coefficient (Wildman–Crippen LogP) is -0.479. The summed E-state index contributed by atoms with van der Waals surface area (Å²) in [5.74, 6) is 0.487. The van der Waals surface area contributed by atoms with Gasteiger partial charge in [0.2, 0.25) is 11.6 Å². The average Bonchev–Trinajstić information content (AvgIpc) is 3.05. The molecule has 2 N–H and O–H groups in total. The van der Waals surface area contributed by atoms with Crippen LogP contribution in [-0.2, 0) is 6.54 Å². The van der Waals surface area contributed by atoms with E-state index in [0.717, 1.165) is 11.4 Å². The van der Waals surface area contributed by atoms with E-state index in [0.29, 0.717) is 19.0 Å². The first kappa shape index (κ1) is 15.9. The summed E-state index contributed by atoms with van der Waals surface area (Å²) >= 11 is 0. The number of aliphatic hydroxyl groups is 1. The van der Waals surface area contributed by atoms with Crippen molar-refractivity contribution in [3.63, 3.8) is 0 Å². The number of methoxy groups -OCH3 is 1. The van der Waals surface area contributed by atoms with Crippen molar-refractivity contribution in [1.29, 1.82) is 0 Å². The molecule has 0 unspecified atom stereocenters. The van der Waals surface area contributed by atoms with E-state index in [1.165, 1.54) is 4.57 Å². The molecule has 1 amide bonds. The van der Waals surface area contributed by atoms with Gasteiger partial charge in [-0.1, -0.05) is 0 Å². The first-order chi connectivity index (χ1) is 11.7. The van der Waals surface area contributed by atoms with Gasteiger partial charge < -0.3 is 20.1 Å². The maximum atomic E-state index is 12.4. The summed E-state index contributed by atoms with van der Waals surface area (Å²) in [6, 6.07) is 7.37. The lowest BCUT2D eigenvalue weighted by atomic mass is 10.3. The molecule has 0 radical (unpaired) electrons. The van der Waals surface area contributed by atoms with Crippen LogP contribution in [0.5, 0.6) is 5.75 Å². The van der Waals surface area contributed by atoms with Gasteiger partial charge in [-0.05, 0) is 24.3 Å². The molecule has 0 spiro atoms. The number of aliphatic hydroxyl groups excluding tert-OH is 1. The Kier molecular flexibility index (Phi) is 4.43. The third-order valence-corrected chi connectivity index (χ3v) is 3.71. The second kappa shape index (κ2) is 6.67. The minimum absolute atomic E-state index is 0.0552. The topological polar surface area (TPSA) is 110 Å². The van der Waals surface area contributed by atoms with Crippen LogP contribution in [0.1, 0.15) is 10.5 Å². The van der Waals surface area contributed by atoms with Crippen LogP contribution in [0.15, 0.2) is 29.1 Å². The Hall–Kier alpha value is -2.94. The van der Waals surface area contributed by atoms with Crippen molar-refractivity contribution in [3.8, 4) is 5.75 Å². The highest BCUT2D eigenvalue weighted by Gasteiger charge is 2.27. The van der Waals surface area contributed by atoms with E-state index in [4.69, 9.17) is 9.84 Å². The number of nitrogens with zero attached hydrogens (tertiary/aromatic N) is 4. The van der Waals surface area contributed by atoms with E-state index >= 15 is 0 Å². The van der Waals surface area contributed by atoms with Gasteiger partial charge in [0.1, 0.15) is 5.75 Å². The fraction of sp³-hybridized carbons (Fsp3) is 0.333.